The van der Waals surface area contributed by atoms with Crippen LogP contribution in [0.1, 0.15) is 47.1 Å². The van der Waals surface area contributed by atoms with Gasteiger partial charge in [-0.2, -0.15) is 0 Å². The van der Waals surface area contributed by atoms with Crippen molar-refractivity contribution in [3.05, 3.63) is 64.2 Å². The zero-order valence-electron chi connectivity index (χ0n) is 15.2. The lowest BCUT2D eigenvalue weighted by atomic mass is 10.0. The van der Waals surface area contributed by atoms with E-state index in [0.717, 1.165) is 47.9 Å². The van der Waals surface area contributed by atoms with Crippen molar-refractivity contribution < 1.29 is 8.42 Å². The average Bonchev–Trinajstić information content (AvgIpc) is 2.53. The van der Waals surface area contributed by atoms with Gasteiger partial charge in [0.15, 0.2) is 9.84 Å². The monoisotopic (exact) mass is 344 g/mol. The van der Waals surface area contributed by atoms with Crippen molar-refractivity contribution in [3.8, 4) is 0 Å². The molecule has 2 nitrogen and oxygen atoms in total. The molecule has 0 fully saturated rings. The van der Waals surface area contributed by atoms with E-state index in [9.17, 15) is 8.42 Å². The number of benzene rings is 2. The van der Waals surface area contributed by atoms with Crippen molar-refractivity contribution in [2.45, 2.75) is 58.3 Å². The molecule has 24 heavy (non-hydrogen) atoms. The molecular weight excluding hydrogens is 316 g/mol. The molecule has 0 radical (unpaired) electrons. The van der Waals surface area contributed by atoms with Crippen LogP contribution in [-0.4, -0.2) is 14.2 Å². The van der Waals surface area contributed by atoms with Gasteiger partial charge in [0, 0.05) is 0 Å². The fraction of sp³-hybridized carbons (Fsp3) is 0.429. The smallest absolute Gasteiger partial charge is 0.178 e. The van der Waals surface area contributed by atoms with Gasteiger partial charge in [0.05, 0.1) is 10.6 Å². The Morgan fingerprint density at radius 1 is 0.792 bits per heavy atom. The second kappa shape index (κ2) is 7.98. The molecule has 2 aromatic carbocycles. The summed E-state index contributed by atoms with van der Waals surface area (Å²) < 4.78 is 25.5. The van der Waals surface area contributed by atoms with Crippen molar-refractivity contribution in [1.82, 2.24) is 0 Å². The summed E-state index contributed by atoms with van der Waals surface area (Å²) in [7, 11) is -3.21. The maximum Gasteiger partial charge on any atom is 0.178 e. The lowest BCUT2D eigenvalue weighted by Crippen LogP contribution is -2.12. The molecule has 0 saturated carbocycles. The molecule has 0 heterocycles. The topological polar surface area (TPSA) is 34.1 Å². The van der Waals surface area contributed by atoms with E-state index in [0.29, 0.717) is 4.90 Å². The summed E-state index contributed by atoms with van der Waals surface area (Å²) in [6.45, 7) is 7.87. The lowest BCUT2D eigenvalue weighted by Gasteiger charge is -2.15. The second-order valence-electron chi connectivity index (χ2n) is 6.70. The predicted octanol–water partition coefficient (Wildman–Crippen LogP) is 5.11. The molecule has 0 bridgehead atoms. The Bertz CT molecular complexity index is 790. The van der Waals surface area contributed by atoms with Gasteiger partial charge in [-0.05, 0) is 74.8 Å². The molecule has 0 aromatic heterocycles. The van der Waals surface area contributed by atoms with Crippen molar-refractivity contribution >= 4 is 9.84 Å². The molecule has 130 valence electrons. The van der Waals surface area contributed by atoms with Crippen LogP contribution in [0.15, 0.2) is 41.3 Å². The highest BCUT2D eigenvalue weighted by molar-refractivity contribution is 7.91. The Morgan fingerprint density at radius 3 is 2.12 bits per heavy atom. The SMILES string of the molecule is Cc1cc(C)c(S(=O)(=O)CCCCCc2ccccc2)c(C)c1C. The molecule has 2 rings (SSSR count). The molecule has 0 N–H and O–H groups in total. The summed E-state index contributed by atoms with van der Waals surface area (Å²) in [5.41, 5.74) is 5.35. The number of aryl methyl sites for hydroxylation is 3. The van der Waals surface area contributed by atoms with Crippen LogP contribution in [-0.2, 0) is 16.3 Å². The average molecular weight is 345 g/mol. The summed E-state index contributed by atoms with van der Waals surface area (Å²) >= 11 is 0. The fourth-order valence-corrected chi connectivity index (χ4v) is 5.24. The first-order valence-corrected chi connectivity index (χ1v) is 10.3. The van der Waals surface area contributed by atoms with Crippen LogP contribution in [0.25, 0.3) is 0 Å². The van der Waals surface area contributed by atoms with Crippen molar-refractivity contribution in [2.75, 3.05) is 5.75 Å². The van der Waals surface area contributed by atoms with Gasteiger partial charge >= 0.3 is 0 Å². The third-order valence-corrected chi connectivity index (χ3v) is 6.89. The fourth-order valence-electron chi connectivity index (χ4n) is 3.28. The van der Waals surface area contributed by atoms with E-state index >= 15 is 0 Å². The summed E-state index contributed by atoms with van der Waals surface area (Å²) in [6.07, 6.45) is 3.71. The molecule has 2 aromatic rings. The van der Waals surface area contributed by atoms with Gasteiger partial charge in [0.25, 0.3) is 0 Å². The molecule has 0 atom stereocenters. The molecule has 0 aliphatic heterocycles. The summed E-state index contributed by atoms with van der Waals surface area (Å²) in [5, 5.41) is 0. The number of hydrogen-bond donors (Lipinski definition) is 0. The van der Waals surface area contributed by atoms with Crippen LogP contribution in [0.2, 0.25) is 0 Å². The molecule has 0 amide bonds. The number of hydrogen-bond acceptors (Lipinski definition) is 2. The lowest BCUT2D eigenvalue weighted by molar-refractivity contribution is 0.588. The van der Waals surface area contributed by atoms with E-state index in [1.807, 2.05) is 52.0 Å². The minimum atomic E-state index is -3.21. The standard InChI is InChI=1S/C21H28O2S/c1-16-15-17(2)21(19(4)18(16)3)24(22,23)14-10-6-9-13-20-11-7-5-8-12-20/h5,7-8,11-12,15H,6,9-10,13-14H2,1-4H3. The normalized spacial score (nSPS) is 11.7. The van der Waals surface area contributed by atoms with Crippen molar-refractivity contribution in [3.63, 3.8) is 0 Å². The van der Waals surface area contributed by atoms with Gasteiger partial charge in [-0.3, -0.25) is 0 Å². The highest BCUT2D eigenvalue weighted by atomic mass is 32.2. The van der Waals surface area contributed by atoms with E-state index < -0.39 is 9.84 Å². The van der Waals surface area contributed by atoms with E-state index in [4.69, 9.17) is 0 Å². The largest absolute Gasteiger partial charge is 0.224 e. The summed E-state index contributed by atoms with van der Waals surface area (Å²) in [4.78, 5) is 0.550. The van der Waals surface area contributed by atoms with Crippen LogP contribution in [0.3, 0.4) is 0 Å². The highest BCUT2D eigenvalue weighted by Crippen LogP contribution is 2.27. The molecule has 3 heteroatoms. The Balaban J connectivity index is 1.96. The third kappa shape index (κ3) is 4.47. The number of sulfone groups is 1. The van der Waals surface area contributed by atoms with E-state index in [1.54, 1.807) is 0 Å². The van der Waals surface area contributed by atoms with Gasteiger partial charge in [0.2, 0.25) is 0 Å². The van der Waals surface area contributed by atoms with Crippen LogP contribution in [0.4, 0.5) is 0 Å². The first-order chi connectivity index (χ1) is 11.3. The minimum Gasteiger partial charge on any atom is -0.224 e. The van der Waals surface area contributed by atoms with E-state index in [-0.39, 0.29) is 5.75 Å². The van der Waals surface area contributed by atoms with Crippen LogP contribution in [0, 0.1) is 27.7 Å². The van der Waals surface area contributed by atoms with Crippen molar-refractivity contribution in [1.29, 1.82) is 0 Å². The first kappa shape index (κ1) is 18.7. The van der Waals surface area contributed by atoms with Crippen molar-refractivity contribution in [2.24, 2.45) is 0 Å². The Hall–Kier alpha value is -1.61. The van der Waals surface area contributed by atoms with Crippen LogP contribution in [0.5, 0.6) is 0 Å². The van der Waals surface area contributed by atoms with Gasteiger partial charge < -0.3 is 0 Å². The predicted molar refractivity (Wildman–Crippen MR) is 101 cm³/mol. The van der Waals surface area contributed by atoms with Crippen LogP contribution < -0.4 is 0 Å². The molecular formula is C21H28O2S. The Kier molecular flexibility index (Phi) is 6.22. The quantitative estimate of drug-likeness (QED) is 0.654. The Morgan fingerprint density at radius 2 is 1.46 bits per heavy atom. The summed E-state index contributed by atoms with van der Waals surface area (Å²) in [6, 6.07) is 12.3. The minimum absolute atomic E-state index is 0.242. The third-order valence-electron chi connectivity index (χ3n) is 4.82. The molecule has 0 aliphatic rings. The second-order valence-corrected chi connectivity index (χ2v) is 8.75. The number of rotatable bonds is 7. The zero-order valence-corrected chi connectivity index (χ0v) is 16.0. The van der Waals surface area contributed by atoms with Gasteiger partial charge in [-0.15, -0.1) is 0 Å². The molecule has 0 aliphatic carbocycles. The maximum atomic E-state index is 12.8. The van der Waals surface area contributed by atoms with Crippen LogP contribution >= 0.6 is 0 Å². The van der Waals surface area contributed by atoms with E-state index in [2.05, 4.69) is 12.1 Å². The number of unbranched alkanes of at least 4 members (excludes halogenated alkanes) is 2. The molecule has 0 saturated heterocycles. The molecule has 0 unspecified atom stereocenters. The first-order valence-electron chi connectivity index (χ1n) is 8.67. The van der Waals surface area contributed by atoms with Gasteiger partial charge in [-0.25, -0.2) is 8.42 Å². The van der Waals surface area contributed by atoms with E-state index in [1.165, 1.54) is 5.56 Å². The Labute approximate surface area is 146 Å². The zero-order chi connectivity index (χ0) is 17.7. The summed E-state index contributed by atoms with van der Waals surface area (Å²) in [5.74, 6) is 0.242. The highest BCUT2D eigenvalue weighted by Gasteiger charge is 2.21. The van der Waals surface area contributed by atoms with Gasteiger partial charge in [-0.1, -0.05) is 42.8 Å². The molecule has 0 spiro atoms. The van der Waals surface area contributed by atoms with Gasteiger partial charge in [0.1, 0.15) is 0 Å². The maximum absolute atomic E-state index is 12.8.